The van der Waals surface area contributed by atoms with Crippen molar-refractivity contribution < 1.29 is 9.53 Å². The number of hydrogen-bond donors (Lipinski definition) is 1. The van der Waals surface area contributed by atoms with Crippen molar-refractivity contribution in [1.29, 1.82) is 0 Å². The molecule has 4 nitrogen and oxygen atoms in total. The molecule has 1 N–H and O–H groups in total. The fourth-order valence-corrected chi connectivity index (χ4v) is 2.63. The van der Waals surface area contributed by atoms with E-state index in [9.17, 15) is 4.79 Å². The van der Waals surface area contributed by atoms with Crippen LogP contribution in [0, 0.1) is 0 Å². The Morgan fingerprint density at radius 1 is 1.04 bits per heavy atom. The lowest BCUT2D eigenvalue weighted by molar-refractivity contribution is 0.0948. The van der Waals surface area contributed by atoms with Gasteiger partial charge in [0.1, 0.15) is 5.75 Å². The van der Waals surface area contributed by atoms with E-state index in [2.05, 4.69) is 36.2 Å². The first kappa shape index (κ1) is 19.0. The molecule has 134 valence electrons. The lowest BCUT2D eigenvalue weighted by Gasteiger charge is -2.18. The van der Waals surface area contributed by atoms with Crippen molar-refractivity contribution in [2.75, 3.05) is 32.8 Å². The summed E-state index contributed by atoms with van der Waals surface area (Å²) in [7, 11) is 0. The predicted molar refractivity (Wildman–Crippen MR) is 102 cm³/mol. The van der Waals surface area contributed by atoms with Crippen LogP contribution < -0.4 is 10.1 Å². The van der Waals surface area contributed by atoms with E-state index in [1.807, 2.05) is 36.4 Å². The molecule has 4 heteroatoms. The molecule has 0 bridgehead atoms. The van der Waals surface area contributed by atoms with Gasteiger partial charge in [-0.25, -0.2) is 0 Å². The van der Waals surface area contributed by atoms with Gasteiger partial charge in [-0.3, -0.25) is 4.79 Å². The van der Waals surface area contributed by atoms with Crippen LogP contribution in [0.3, 0.4) is 0 Å². The number of ether oxygens (including phenoxy) is 1. The molecule has 0 aliphatic rings. The highest BCUT2D eigenvalue weighted by Gasteiger charge is 2.07. The Kier molecular flexibility index (Phi) is 7.99. The third-order valence-corrected chi connectivity index (χ3v) is 4.21. The summed E-state index contributed by atoms with van der Waals surface area (Å²) in [6, 6.07) is 17.6. The molecular weight excluding hydrogens is 312 g/mol. The molecule has 0 aliphatic heterocycles. The Labute approximate surface area is 150 Å². The third kappa shape index (κ3) is 6.59. The fraction of sp³-hybridized carbons (Fsp3) is 0.381. The minimum Gasteiger partial charge on any atom is -0.493 e. The number of amides is 1. The SMILES string of the molecule is CCN(CC)CCNC(=O)c1cccc(OCCc2ccccc2)c1. The molecule has 0 saturated heterocycles. The minimum atomic E-state index is -0.0549. The Hall–Kier alpha value is -2.33. The van der Waals surface area contributed by atoms with E-state index in [1.54, 1.807) is 6.07 Å². The molecule has 0 aliphatic carbocycles. The second-order valence-corrected chi connectivity index (χ2v) is 5.89. The van der Waals surface area contributed by atoms with Crippen LogP contribution in [0.5, 0.6) is 5.75 Å². The first-order valence-electron chi connectivity index (χ1n) is 9.00. The van der Waals surface area contributed by atoms with Crippen LogP contribution in [0.1, 0.15) is 29.8 Å². The molecule has 0 aromatic heterocycles. The fourth-order valence-electron chi connectivity index (χ4n) is 2.63. The van der Waals surface area contributed by atoms with E-state index >= 15 is 0 Å². The highest BCUT2D eigenvalue weighted by Crippen LogP contribution is 2.14. The number of carbonyl (C=O) groups is 1. The first-order valence-corrected chi connectivity index (χ1v) is 9.00. The molecule has 0 radical (unpaired) electrons. The van der Waals surface area contributed by atoms with E-state index < -0.39 is 0 Å². The number of nitrogens with zero attached hydrogens (tertiary/aromatic N) is 1. The smallest absolute Gasteiger partial charge is 0.251 e. The maximum absolute atomic E-state index is 12.3. The van der Waals surface area contributed by atoms with Gasteiger partial charge in [0.05, 0.1) is 6.61 Å². The van der Waals surface area contributed by atoms with Crippen molar-refractivity contribution >= 4 is 5.91 Å². The van der Waals surface area contributed by atoms with Gasteiger partial charge in [0.2, 0.25) is 0 Å². The normalized spacial score (nSPS) is 10.7. The number of rotatable bonds is 10. The van der Waals surface area contributed by atoms with Crippen LogP contribution in [-0.2, 0) is 6.42 Å². The lowest BCUT2D eigenvalue weighted by atomic mass is 10.2. The van der Waals surface area contributed by atoms with Gasteiger partial charge in [-0.05, 0) is 36.9 Å². The van der Waals surface area contributed by atoms with Gasteiger partial charge in [-0.15, -0.1) is 0 Å². The third-order valence-electron chi connectivity index (χ3n) is 4.21. The summed E-state index contributed by atoms with van der Waals surface area (Å²) < 4.78 is 5.79. The van der Waals surface area contributed by atoms with Crippen molar-refractivity contribution in [3.63, 3.8) is 0 Å². The molecule has 2 aromatic rings. The van der Waals surface area contributed by atoms with Gasteiger partial charge in [-0.2, -0.15) is 0 Å². The molecule has 25 heavy (non-hydrogen) atoms. The van der Waals surface area contributed by atoms with Crippen LogP contribution in [0.4, 0.5) is 0 Å². The molecule has 2 rings (SSSR count). The van der Waals surface area contributed by atoms with Gasteiger partial charge < -0.3 is 15.0 Å². The summed E-state index contributed by atoms with van der Waals surface area (Å²) >= 11 is 0. The first-order chi connectivity index (χ1) is 12.2. The second kappa shape index (κ2) is 10.5. The Bertz CT molecular complexity index is 639. The number of hydrogen-bond acceptors (Lipinski definition) is 3. The van der Waals surface area contributed by atoms with Crippen molar-refractivity contribution in [3.8, 4) is 5.75 Å². The van der Waals surface area contributed by atoms with Crippen molar-refractivity contribution in [2.24, 2.45) is 0 Å². The van der Waals surface area contributed by atoms with Gasteiger partial charge in [-0.1, -0.05) is 50.2 Å². The van der Waals surface area contributed by atoms with Gasteiger partial charge in [0.25, 0.3) is 5.91 Å². The predicted octanol–water partition coefficient (Wildman–Crippen LogP) is 3.38. The molecule has 0 fully saturated rings. The van der Waals surface area contributed by atoms with Crippen LogP contribution >= 0.6 is 0 Å². The summed E-state index contributed by atoms with van der Waals surface area (Å²) in [5, 5.41) is 2.97. The highest BCUT2D eigenvalue weighted by molar-refractivity contribution is 5.94. The molecule has 0 saturated carbocycles. The zero-order chi connectivity index (χ0) is 17.9. The number of nitrogens with one attached hydrogen (secondary N) is 1. The zero-order valence-corrected chi connectivity index (χ0v) is 15.2. The molecule has 0 atom stereocenters. The molecular formula is C21H28N2O2. The maximum Gasteiger partial charge on any atom is 0.251 e. The number of benzene rings is 2. The molecule has 0 heterocycles. The van der Waals surface area contributed by atoms with E-state index in [0.29, 0.717) is 18.7 Å². The Morgan fingerprint density at radius 3 is 2.52 bits per heavy atom. The van der Waals surface area contributed by atoms with Crippen molar-refractivity contribution in [1.82, 2.24) is 10.2 Å². The van der Waals surface area contributed by atoms with E-state index in [4.69, 9.17) is 4.74 Å². The lowest BCUT2D eigenvalue weighted by Crippen LogP contribution is -2.34. The maximum atomic E-state index is 12.3. The summed E-state index contributed by atoms with van der Waals surface area (Å²) in [6.07, 6.45) is 0.848. The van der Waals surface area contributed by atoms with Crippen LogP contribution in [0.15, 0.2) is 54.6 Å². The summed E-state index contributed by atoms with van der Waals surface area (Å²) in [5.41, 5.74) is 1.88. The van der Waals surface area contributed by atoms with Crippen LogP contribution in [0.2, 0.25) is 0 Å². The van der Waals surface area contributed by atoms with Crippen LogP contribution in [-0.4, -0.2) is 43.6 Å². The van der Waals surface area contributed by atoms with Gasteiger partial charge >= 0.3 is 0 Å². The van der Waals surface area contributed by atoms with Crippen molar-refractivity contribution in [2.45, 2.75) is 20.3 Å². The van der Waals surface area contributed by atoms with Crippen molar-refractivity contribution in [3.05, 3.63) is 65.7 Å². The highest BCUT2D eigenvalue weighted by atomic mass is 16.5. The molecule has 0 unspecified atom stereocenters. The van der Waals surface area contributed by atoms with Crippen LogP contribution in [0.25, 0.3) is 0 Å². The monoisotopic (exact) mass is 340 g/mol. The standard InChI is InChI=1S/C21H28N2O2/c1-3-23(4-2)15-14-22-21(24)19-11-8-12-20(17-19)25-16-13-18-9-6-5-7-10-18/h5-12,17H,3-4,13-16H2,1-2H3,(H,22,24). The largest absolute Gasteiger partial charge is 0.493 e. The molecule has 0 spiro atoms. The van der Waals surface area contributed by atoms with Gasteiger partial charge in [0.15, 0.2) is 0 Å². The molecule has 2 aromatic carbocycles. The quantitative estimate of drug-likeness (QED) is 0.721. The summed E-state index contributed by atoms with van der Waals surface area (Å²) in [4.78, 5) is 14.5. The summed E-state index contributed by atoms with van der Waals surface area (Å²) in [6.45, 7) is 8.36. The average Bonchev–Trinajstić information content (AvgIpc) is 2.66. The Morgan fingerprint density at radius 2 is 1.80 bits per heavy atom. The van der Waals surface area contributed by atoms with E-state index in [-0.39, 0.29) is 5.91 Å². The average molecular weight is 340 g/mol. The number of carbonyl (C=O) groups excluding carboxylic acids is 1. The van der Waals surface area contributed by atoms with E-state index in [0.717, 1.165) is 31.8 Å². The topological polar surface area (TPSA) is 41.6 Å². The summed E-state index contributed by atoms with van der Waals surface area (Å²) in [5.74, 6) is 0.674. The molecule has 1 amide bonds. The second-order valence-electron chi connectivity index (χ2n) is 5.89. The Balaban J connectivity index is 1.80. The van der Waals surface area contributed by atoms with Gasteiger partial charge in [0, 0.05) is 25.1 Å². The zero-order valence-electron chi connectivity index (χ0n) is 15.2. The number of likely N-dealkylation sites (N-methyl/N-ethyl adjacent to an activating group) is 1. The minimum absolute atomic E-state index is 0.0549. The van der Waals surface area contributed by atoms with E-state index in [1.165, 1.54) is 5.56 Å².